The van der Waals surface area contributed by atoms with Crippen LogP contribution in [0.2, 0.25) is 0 Å². The SMILES string of the molecule is OB(O)c1cccc2c1oc1ccccc12.OB(O)c1cccc2ccccc12. The maximum absolute atomic E-state index is 9.24. The first-order valence-electron chi connectivity index (χ1n) is 9.16. The van der Waals surface area contributed by atoms with E-state index >= 15 is 0 Å². The monoisotopic (exact) mass is 384 g/mol. The van der Waals surface area contributed by atoms with E-state index in [1.807, 2.05) is 66.7 Å². The standard InChI is InChI=1S/C12H9BO3.C10H9BO2/c14-13(15)10-6-3-5-9-8-4-1-2-7-11(8)16-12(9)10;12-11(13)10-7-3-5-8-4-1-2-6-9(8)10/h1-7,14-15H;1-7,12-13H. The zero-order valence-electron chi connectivity index (χ0n) is 15.4. The predicted octanol–water partition coefficient (Wildman–Crippen LogP) is 1.79. The number of para-hydroxylation sites is 2. The third-order valence-electron chi connectivity index (χ3n) is 4.81. The van der Waals surface area contributed by atoms with Gasteiger partial charge in [0.2, 0.25) is 0 Å². The first kappa shape index (κ1) is 19.2. The molecule has 0 aliphatic heterocycles. The topological polar surface area (TPSA) is 94.1 Å². The minimum Gasteiger partial charge on any atom is -0.456 e. The molecule has 0 amide bonds. The van der Waals surface area contributed by atoms with Crippen molar-refractivity contribution in [3.8, 4) is 0 Å². The van der Waals surface area contributed by atoms with Crippen LogP contribution in [0.4, 0.5) is 0 Å². The highest BCUT2D eigenvalue weighted by molar-refractivity contribution is 6.62. The van der Waals surface area contributed by atoms with Gasteiger partial charge >= 0.3 is 14.2 Å². The van der Waals surface area contributed by atoms with Gasteiger partial charge in [-0.25, -0.2) is 0 Å². The fraction of sp³-hybridized carbons (Fsp3) is 0. The fourth-order valence-electron chi connectivity index (χ4n) is 3.45. The van der Waals surface area contributed by atoms with Crippen LogP contribution in [0, 0.1) is 0 Å². The number of benzene rings is 4. The Morgan fingerprint density at radius 3 is 1.83 bits per heavy atom. The molecule has 7 heteroatoms. The molecular weight excluding hydrogens is 366 g/mol. The van der Waals surface area contributed by atoms with Crippen molar-refractivity contribution in [1.82, 2.24) is 0 Å². The summed E-state index contributed by atoms with van der Waals surface area (Å²) in [5, 5.41) is 40.4. The fourth-order valence-corrected chi connectivity index (χ4v) is 3.45. The van der Waals surface area contributed by atoms with Crippen molar-refractivity contribution in [2.75, 3.05) is 0 Å². The Morgan fingerprint density at radius 2 is 1.07 bits per heavy atom. The summed E-state index contributed by atoms with van der Waals surface area (Å²) in [6.07, 6.45) is 0. The number of rotatable bonds is 2. The molecule has 0 saturated heterocycles. The summed E-state index contributed by atoms with van der Waals surface area (Å²) >= 11 is 0. The van der Waals surface area contributed by atoms with Gasteiger partial charge in [-0.15, -0.1) is 0 Å². The maximum atomic E-state index is 9.24. The zero-order valence-corrected chi connectivity index (χ0v) is 15.4. The Bertz CT molecular complexity index is 1270. The summed E-state index contributed by atoms with van der Waals surface area (Å²) in [7, 11) is -2.91. The van der Waals surface area contributed by atoms with Gasteiger partial charge in [-0.1, -0.05) is 78.9 Å². The molecule has 0 bridgehead atoms. The molecule has 0 aliphatic carbocycles. The molecule has 1 heterocycles. The number of hydrogen-bond donors (Lipinski definition) is 4. The molecular formula is C22H18B2O5. The molecule has 0 unspecified atom stereocenters. The molecule has 4 N–H and O–H groups in total. The average molecular weight is 384 g/mol. The second kappa shape index (κ2) is 8.11. The van der Waals surface area contributed by atoms with Crippen LogP contribution in [0.1, 0.15) is 0 Å². The van der Waals surface area contributed by atoms with E-state index in [0.29, 0.717) is 16.5 Å². The summed E-state index contributed by atoms with van der Waals surface area (Å²) in [5.74, 6) is 0. The quantitative estimate of drug-likeness (QED) is 0.349. The molecule has 0 fully saturated rings. The number of fused-ring (bicyclic) bond motifs is 4. The van der Waals surface area contributed by atoms with Crippen molar-refractivity contribution in [2.24, 2.45) is 0 Å². The Morgan fingerprint density at radius 1 is 0.517 bits per heavy atom. The Hall–Kier alpha value is -3.09. The van der Waals surface area contributed by atoms with Gasteiger partial charge in [0.1, 0.15) is 11.2 Å². The molecule has 0 atom stereocenters. The molecule has 29 heavy (non-hydrogen) atoms. The molecule has 5 rings (SSSR count). The molecule has 5 nitrogen and oxygen atoms in total. The van der Waals surface area contributed by atoms with Crippen molar-refractivity contribution in [2.45, 2.75) is 0 Å². The van der Waals surface area contributed by atoms with Crippen molar-refractivity contribution in [3.63, 3.8) is 0 Å². The lowest BCUT2D eigenvalue weighted by atomic mass is 9.77. The lowest BCUT2D eigenvalue weighted by Crippen LogP contribution is -2.30. The van der Waals surface area contributed by atoms with Crippen LogP contribution >= 0.6 is 0 Å². The summed E-state index contributed by atoms with van der Waals surface area (Å²) < 4.78 is 5.62. The van der Waals surface area contributed by atoms with Crippen LogP contribution in [-0.2, 0) is 0 Å². The van der Waals surface area contributed by atoms with Crippen LogP contribution in [-0.4, -0.2) is 34.3 Å². The van der Waals surface area contributed by atoms with Gasteiger partial charge in [-0.05, 0) is 22.3 Å². The van der Waals surface area contributed by atoms with E-state index in [1.165, 1.54) is 0 Å². The Labute approximate surface area is 167 Å². The normalized spacial score (nSPS) is 10.8. The first-order chi connectivity index (χ1) is 14.1. The largest absolute Gasteiger partial charge is 0.492 e. The van der Waals surface area contributed by atoms with E-state index in [0.717, 1.165) is 27.1 Å². The second-order valence-corrected chi connectivity index (χ2v) is 6.64. The van der Waals surface area contributed by atoms with Crippen LogP contribution in [0.5, 0.6) is 0 Å². The minimum absolute atomic E-state index is 0.397. The van der Waals surface area contributed by atoms with E-state index in [-0.39, 0.29) is 0 Å². The lowest BCUT2D eigenvalue weighted by molar-refractivity contribution is 0.424. The van der Waals surface area contributed by atoms with Crippen molar-refractivity contribution >= 4 is 57.9 Å². The van der Waals surface area contributed by atoms with Crippen molar-refractivity contribution in [3.05, 3.63) is 84.9 Å². The third-order valence-corrected chi connectivity index (χ3v) is 4.81. The predicted molar refractivity (Wildman–Crippen MR) is 117 cm³/mol. The summed E-state index contributed by atoms with van der Waals surface area (Å²) in [6.45, 7) is 0. The van der Waals surface area contributed by atoms with Crippen LogP contribution in [0.3, 0.4) is 0 Å². The van der Waals surface area contributed by atoms with E-state index < -0.39 is 14.2 Å². The summed E-state index contributed by atoms with van der Waals surface area (Å²) in [6, 6.07) is 26.1. The highest BCUT2D eigenvalue weighted by Crippen LogP contribution is 2.27. The summed E-state index contributed by atoms with van der Waals surface area (Å²) in [5.41, 5.74) is 2.25. The average Bonchev–Trinajstić information content (AvgIpc) is 3.12. The molecule has 142 valence electrons. The highest BCUT2D eigenvalue weighted by atomic mass is 16.4. The van der Waals surface area contributed by atoms with E-state index in [2.05, 4.69) is 0 Å². The maximum Gasteiger partial charge on any atom is 0.492 e. The highest BCUT2D eigenvalue weighted by Gasteiger charge is 2.18. The first-order valence-corrected chi connectivity index (χ1v) is 9.16. The van der Waals surface area contributed by atoms with Gasteiger partial charge in [0.05, 0.1) is 0 Å². The molecule has 4 aromatic carbocycles. The van der Waals surface area contributed by atoms with Crippen LogP contribution < -0.4 is 10.9 Å². The van der Waals surface area contributed by atoms with Gasteiger partial charge in [0.15, 0.2) is 0 Å². The smallest absolute Gasteiger partial charge is 0.456 e. The van der Waals surface area contributed by atoms with Crippen LogP contribution in [0.25, 0.3) is 32.7 Å². The van der Waals surface area contributed by atoms with Gasteiger partial charge in [0.25, 0.3) is 0 Å². The Balaban J connectivity index is 0.000000145. The number of hydrogen-bond acceptors (Lipinski definition) is 5. The van der Waals surface area contributed by atoms with Gasteiger partial charge in [-0.2, -0.15) is 0 Å². The molecule has 1 aromatic heterocycles. The van der Waals surface area contributed by atoms with E-state index in [1.54, 1.807) is 18.2 Å². The van der Waals surface area contributed by atoms with Crippen molar-refractivity contribution in [1.29, 1.82) is 0 Å². The second-order valence-electron chi connectivity index (χ2n) is 6.64. The summed E-state index contributed by atoms with van der Waals surface area (Å²) in [4.78, 5) is 0. The minimum atomic E-state index is -1.51. The third kappa shape index (κ3) is 3.77. The van der Waals surface area contributed by atoms with Crippen molar-refractivity contribution < 1.29 is 24.5 Å². The lowest BCUT2D eigenvalue weighted by Gasteiger charge is -2.03. The molecule has 0 aliphatic rings. The Kier molecular flexibility index (Phi) is 5.38. The molecule has 0 spiro atoms. The van der Waals surface area contributed by atoms with E-state index in [9.17, 15) is 10.0 Å². The molecule has 0 radical (unpaired) electrons. The van der Waals surface area contributed by atoms with Gasteiger partial charge in [0, 0.05) is 16.2 Å². The van der Waals surface area contributed by atoms with Gasteiger partial charge in [-0.3, -0.25) is 0 Å². The van der Waals surface area contributed by atoms with Crippen LogP contribution in [0.15, 0.2) is 89.3 Å². The molecule has 0 saturated carbocycles. The van der Waals surface area contributed by atoms with Gasteiger partial charge < -0.3 is 24.5 Å². The zero-order chi connectivity index (χ0) is 20.4. The van der Waals surface area contributed by atoms with E-state index in [4.69, 9.17) is 14.5 Å². The number of furan rings is 1. The molecule has 5 aromatic rings.